The second kappa shape index (κ2) is 6.80. The topological polar surface area (TPSA) is 17.1 Å². The van der Waals surface area contributed by atoms with Crippen molar-refractivity contribution >= 4 is 5.78 Å². The average molecular weight is 196 g/mol. The zero-order chi connectivity index (χ0) is 11.0. The molecule has 0 saturated carbocycles. The van der Waals surface area contributed by atoms with Crippen LogP contribution in [0.4, 0.5) is 0 Å². The molecule has 1 nitrogen and oxygen atoms in total. The van der Waals surface area contributed by atoms with Crippen molar-refractivity contribution in [3.05, 3.63) is 12.2 Å². The predicted molar refractivity (Wildman–Crippen MR) is 62.4 cm³/mol. The molecule has 14 heavy (non-hydrogen) atoms. The van der Waals surface area contributed by atoms with Gasteiger partial charge in [-0.25, -0.2) is 0 Å². The Bertz CT molecular complexity index is 184. The molecule has 0 N–H and O–H groups in total. The van der Waals surface area contributed by atoms with Gasteiger partial charge in [0.05, 0.1) is 0 Å². The summed E-state index contributed by atoms with van der Waals surface area (Å²) in [6, 6.07) is 0. The fraction of sp³-hybridized carbons (Fsp3) is 0.769. The minimum atomic E-state index is 0.305. The van der Waals surface area contributed by atoms with Gasteiger partial charge in [-0.1, -0.05) is 39.3 Å². The van der Waals surface area contributed by atoms with Crippen LogP contribution in [0.2, 0.25) is 0 Å². The number of rotatable bonds is 6. The lowest BCUT2D eigenvalue weighted by atomic mass is 9.95. The molecule has 82 valence electrons. The molecule has 0 atom stereocenters. The van der Waals surface area contributed by atoms with Crippen molar-refractivity contribution < 1.29 is 4.79 Å². The summed E-state index contributed by atoms with van der Waals surface area (Å²) >= 11 is 0. The van der Waals surface area contributed by atoms with E-state index in [0.29, 0.717) is 11.2 Å². The normalized spacial score (nSPS) is 12.3. The van der Waals surface area contributed by atoms with Crippen LogP contribution in [0, 0.1) is 5.41 Å². The van der Waals surface area contributed by atoms with Crippen LogP contribution in [0.15, 0.2) is 12.2 Å². The number of hydrogen-bond donors (Lipinski definition) is 0. The van der Waals surface area contributed by atoms with Crippen LogP contribution in [-0.2, 0) is 4.79 Å². The minimum absolute atomic E-state index is 0.305. The van der Waals surface area contributed by atoms with Gasteiger partial charge in [-0.15, -0.1) is 0 Å². The molecule has 0 spiro atoms. The summed E-state index contributed by atoms with van der Waals surface area (Å²) in [5.74, 6) is 0.315. The van der Waals surface area contributed by atoms with E-state index in [9.17, 15) is 4.79 Å². The third kappa shape index (κ3) is 11.4. The van der Waals surface area contributed by atoms with Gasteiger partial charge in [0.15, 0.2) is 0 Å². The van der Waals surface area contributed by atoms with Crippen LogP contribution in [0.3, 0.4) is 0 Å². The number of carbonyl (C=O) groups excluding carboxylic acids is 1. The standard InChI is InChI=1S/C13H24O/c1-12(14)10-8-6-5-7-9-11-13(2,3)4/h9,11H,5-8,10H2,1-4H3. The fourth-order valence-electron chi connectivity index (χ4n) is 1.25. The maximum absolute atomic E-state index is 10.7. The van der Waals surface area contributed by atoms with Gasteiger partial charge in [-0.2, -0.15) is 0 Å². The first-order chi connectivity index (χ1) is 6.42. The largest absolute Gasteiger partial charge is 0.300 e. The second-order valence-corrected chi connectivity index (χ2v) is 5.07. The van der Waals surface area contributed by atoms with Crippen LogP contribution in [0.1, 0.15) is 59.8 Å². The van der Waals surface area contributed by atoms with Crippen molar-refractivity contribution in [1.29, 1.82) is 0 Å². The Hall–Kier alpha value is -0.590. The van der Waals surface area contributed by atoms with Gasteiger partial charge in [0.2, 0.25) is 0 Å². The summed E-state index contributed by atoms with van der Waals surface area (Å²) in [4.78, 5) is 10.7. The molecule has 0 unspecified atom stereocenters. The summed E-state index contributed by atoms with van der Waals surface area (Å²) < 4.78 is 0. The molecular weight excluding hydrogens is 172 g/mol. The highest BCUT2D eigenvalue weighted by Gasteiger charge is 2.02. The number of hydrogen-bond acceptors (Lipinski definition) is 1. The van der Waals surface area contributed by atoms with Crippen LogP contribution >= 0.6 is 0 Å². The van der Waals surface area contributed by atoms with E-state index in [4.69, 9.17) is 0 Å². The summed E-state index contributed by atoms with van der Waals surface area (Å²) in [7, 11) is 0. The molecule has 0 saturated heterocycles. The first kappa shape index (κ1) is 13.4. The highest BCUT2D eigenvalue weighted by atomic mass is 16.1. The number of Topliss-reactive ketones (excluding diaryl/α,β-unsaturated/α-hetero) is 1. The number of unbranched alkanes of at least 4 members (excludes halogenated alkanes) is 3. The van der Waals surface area contributed by atoms with Crippen molar-refractivity contribution in [2.75, 3.05) is 0 Å². The van der Waals surface area contributed by atoms with Gasteiger partial charge in [0.25, 0.3) is 0 Å². The Labute approximate surface area is 88.6 Å². The molecule has 0 aliphatic rings. The van der Waals surface area contributed by atoms with Crippen molar-refractivity contribution in [3.63, 3.8) is 0 Å². The molecule has 1 heteroatoms. The Balaban J connectivity index is 3.30. The van der Waals surface area contributed by atoms with Gasteiger partial charge >= 0.3 is 0 Å². The Morgan fingerprint density at radius 2 is 1.79 bits per heavy atom. The van der Waals surface area contributed by atoms with E-state index < -0.39 is 0 Å². The van der Waals surface area contributed by atoms with Crippen LogP contribution in [0.5, 0.6) is 0 Å². The summed E-state index contributed by atoms with van der Waals surface area (Å²) in [5, 5.41) is 0. The molecule has 0 aromatic rings. The van der Waals surface area contributed by atoms with E-state index in [2.05, 4.69) is 32.9 Å². The molecule has 0 rings (SSSR count). The Kier molecular flexibility index (Phi) is 6.52. The highest BCUT2D eigenvalue weighted by Crippen LogP contribution is 2.15. The molecule has 0 amide bonds. The lowest BCUT2D eigenvalue weighted by molar-refractivity contribution is -0.117. The monoisotopic (exact) mass is 196 g/mol. The molecule has 0 aromatic heterocycles. The van der Waals surface area contributed by atoms with Gasteiger partial charge in [0, 0.05) is 6.42 Å². The maximum atomic E-state index is 10.7. The van der Waals surface area contributed by atoms with Crippen LogP contribution in [0.25, 0.3) is 0 Å². The maximum Gasteiger partial charge on any atom is 0.129 e. The summed E-state index contributed by atoms with van der Waals surface area (Å²) in [6.07, 6.45) is 9.86. The van der Waals surface area contributed by atoms with E-state index in [1.165, 1.54) is 12.8 Å². The van der Waals surface area contributed by atoms with Gasteiger partial charge in [-0.05, 0) is 31.6 Å². The third-order valence-electron chi connectivity index (χ3n) is 2.02. The molecule has 0 aromatic carbocycles. The average Bonchev–Trinajstić information content (AvgIpc) is 2.00. The Morgan fingerprint density at radius 1 is 1.14 bits per heavy atom. The first-order valence-corrected chi connectivity index (χ1v) is 5.59. The van der Waals surface area contributed by atoms with Gasteiger partial charge in [-0.3, -0.25) is 0 Å². The fourth-order valence-corrected chi connectivity index (χ4v) is 1.25. The number of allylic oxidation sites excluding steroid dienone is 2. The zero-order valence-corrected chi connectivity index (χ0v) is 10.1. The van der Waals surface area contributed by atoms with Crippen molar-refractivity contribution in [3.8, 4) is 0 Å². The molecule has 0 aliphatic carbocycles. The summed E-state index contributed by atoms with van der Waals surface area (Å²) in [5.41, 5.74) is 0.305. The SMILES string of the molecule is CC(=O)CCCCCC=CC(C)(C)C. The third-order valence-corrected chi connectivity index (χ3v) is 2.02. The number of carbonyl (C=O) groups is 1. The van der Waals surface area contributed by atoms with Crippen LogP contribution in [-0.4, -0.2) is 5.78 Å². The zero-order valence-electron chi connectivity index (χ0n) is 10.1. The molecule has 0 heterocycles. The lowest BCUT2D eigenvalue weighted by Crippen LogP contribution is -1.98. The van der Waals surface area contributed by atoms with E-state index in [-0.39, 0.29) is 0 Å². The van der Waals surface area contributed by atoms with E-state index in [1.807, 2.05) is 0 Å². The quantitative estimate of drug-likeness (QED) is 0.461. The van der Waals surface area contributed by atoms with E-state index in [0.717, 1.165) is 19.3 Å². The first-order valence-electron chi connectivity index (χ1n) is 5.59. The van der Waals surface area contributed by atoms with Crippen molar-refractivity contribution in [2.24, 2.45) is 5.41 Å². The number of ketones is 1. The van der Waals surface area contributed by atoms with E-state index in [1.54, 1.807) is 6.92 Å². The highest BCUT2D eigenvalue weighted by molar-refractivity contribution is 5.75. The molecule has 0 radical (unpaired) electrons. The van der Waals surface area contributed by atoms with Gasteiger partial charge in [0.1, 0.15) is 5.78 Å². The van der Waals surface area contributed by atoms with Crippen molar-refractivity contribution in [2.45, 2.75) is 59.8 Å². The second-order valence-electron chi connectivity index (χ2n) is 5.07. The molecule has 0 bridgehead atoms. The lowest BCUT2D eigenvalue weighted by Gasteiger charge is -2.10. The minimum Gasteiger partial charge on any atom is -0.300 e. The Morgan fingerprint density at radius 3 is 2.29 bits per heavy atom. The summed E-state index contributed by atoms with van der Waals surface area (Å²) in [6.45, 7) is 8.29. The predicted octanol–water partition coefficient (Wildman–Crippen LogP) is 4.13. The molecule has 0 fully saturated rings. The van der Waals surface area contributed by atoms with Gasteiger partial charge < -0.3 is 4.79 Å². The van der Waals surface area contributed by atoms with Crippen LogP contribution < -0.4 is 0 Å². The van der Waals surface area contributed by atoms with Crippen molar-refractivity contribution in [1.82, 2.24) is 0 Å². The molecule has 0 aliphatic heterocycles. The van der Waals surface area contributed by atoms with E-state index >= 15 is 0 Å². The smallest absolute Gasteiger partial charge is 0.129 e. The molecular formula is C13H24O.